The highest BCUT2D eigenvalue weighted by Gasteiger charge is 2.16. The standard InChI is InChI=1S/C13H17F2NO2/c1-3-9(13(17)18-2)7-16-8-10-4-5-11(14)6-12(10)15/h4-6,9,16H,3,7-8H2,1-2H3. The Hall–Kier alpha value is -1.49. The van der Waals surface area contributed by atoms with Crippen LogP contribution in [0.15, 0.2) is 18.2 Å². The third-order valence-corrected chi connectivity index (χ3v) is 2.75. The molecule has 100 valence electrons. The molecule has 0 aliphatic rings. The molecule has 0 spiro atoms. The molecule has 1 atom stereocenters. The lowest BCUT2D eigenvalue weighted by Gasteiger charge is -2.13. The number of hydrogen-bond acceptors (Lipinski definition) is 3. The maximum Gasteiger partial charge on any atom is 0.309 e. The van der Waals surface area contributed by atoms with Crippen LogP contribution in [-0.2, 0) is 16.1 Å². The number of esters is 1. The van der Waals surface area contributed by atoms with Crippen molar-refractivity contribution in [3.05, 3.63) is 35.4 Å². The fraction of sp³-hybridized carbons (Fsp3) is 0.462. The Morgan fingerprint density at radius 2 is 2.17 bits per heavy atom. The van der Waals surface area contributed by atoms with E-state index in [-0.39, 0.29) is 18.4 Å². The molecule has 1 rings (SSSR count). The molecule has 0 heterocycles. The zero-order chi connectivity index (χ0) is 13.5. The number of carbonyl (C=O) groups is 1. The minimum atomic E-state index is -0.600. The smallest absolute Gasteiger partial charge is 0.309 e. The van der Waals surface area contributed by atoms with Crippen LogP contribution < -0.4 is 5.32 Å². The molecular formula is C13H17F2NO2. The fourth-order valence-corrected chi connectivity index (χ4v) is 1.61. The number of methoxy groups -OCH3 is 1. The molecule has 0 amide bonds. The Bertz CT molecular complexity index is 410. The predicted molar refractivity (Wildman–Crippen MR) is 63.9 cm³/mol. The first-order valence-electron chi connectivity index (χ1n) is 5.81. The minimum absolute atomic E-state index is 0.250. The topological polar surface area (TPSA) is 38.3 Å². The molecule has 3 nitrogen and oxygen atoms in total. The minimum Gasteiger partial charge on any atom is -0.469 e. The van der Waals surface area contributed by atoms with E-state index in [1.165, 1.54) is 19.2 Å². The summed E-state index contributed by atoms with van der Waals surface area (Å²) >= 11 is 0. The largest absolute Gasteiger partial charge is 0.469 e. The van der Waals surface area contributed by atoms with Crippen LogP contribution in [0, 0.1) is 17.6 Å². The van der Waals surface area contributed by atoms with Crippen LogP contribution in [0.2, 0.25) is 0 Å². The first-order chi connectivity index (χ1) is 8.58. The normalized spacial score (nSPS) is 12.2. The van der Waals surface area contributed by atoms with Gasteiger partial charge in [-0.3, -0.25) is 4.79 Å². The van der Waals surface area contributed by atoms with E-state index in [2.05, 4.69) is 10.1 Å². The van der Waals surface area contributed by atoms with Gasteiger partial charge in [0.1, 0.15) is 11.6 Å². The van der Waals surface area contributed by atoms with Gasteiger partial charge in [-0.2, -0.15) is 0 Å². The Kier molecular flexibility index (Phi) is 5.71. The monoisotopic (exact) mass is 257 g/mol. The summed E-state index contributed by atoms with van der Waals surface area (Å²) < 4.78 is 30.6. The Morgan fingerprint density at radius 3 is 2.72 bits per heavy atom. The number of carbonyl (C=O) groups excluding carboxylic acids is 1. The number of ether oxygens (including phenoxy) is 1. The Morgan fingerprint density at radius 1 is 1.44 bits per heavy atom. The molecule has 18 heavy (non-hydrogen) atoms. The molecular weight excluding hydrogens is 240 g/mol. The Labute approximate surface area is 105 Å². The molecule has 1 unspecified atom stereocenters. The summed E-state index contributed by atoms with van der Waals surface area (Å²) in [7, 11) is 1.34. The Balaban J connectivity index is 2.48. The van der Waals surface area contributed by atoms with Crippen molar-refractivity contribution in [3.63, 3.8) is 0 Å². The van der Waals surface area contributed by atoms with E-state index in [1.807, 2.05) is 6.92 Å². The summed E-state index contributed by atoms with van der Waals surface area (Å²) in [5.41, 5.74) is 0.371. The van der Waals surface area contributed by atoms with Gasteiger partial charge in [-0.05, 0) is 12.5 Å². The first-order valence-corrected chi connectivity index (χ1v) is 5.81. The van der Waals surface area contributed by atoms with Gasteiger partial charge in [0.15, 0.2) is 0 Å². The number of benzene rings is 1. The molecule has 0 radical (unpaired) electrons. The lowest BCUT2D eigenvalue weighted by atomic mass is 10.1. The molecule has 0 bridgehead atoms. The van der Waals surface area contributed by atoms with Crippen LogP contribution in [-0.4, -0.2) is 19.6 Å². The lowest BCUT2D eigenvalue weighted by molar-refractivity contribution is -0.145. The van der Waals surface area contributed by atoms with Gasteiger partial charge in [0, 0.05) is 24.7 Å². The van der Waals surface area contributed by atoms with Crippen molar-refractivity contribution in [1.29, 1.82) is 0 Å². The summed E-state index contributed by atoms with van der Waals surface area (Å²) in [4.78, 5) is 11.3. The molecule has 0 aromatic heterocycles. The van der Waals surface area contributed by atoms with Gasteiger partial charge in [-0.1, -0.05) is 13.0 Å². The van der Waals surface area contributed by atoms with Crippen molar-refractivity contribution in [3.8, 4) is 0 Å². The average Bonchev–Trinajstić information content (AvgIpc) is 2.36. The molecule has 0 saturated carbocycles. The van der Waals surface area contributed by atoms with E-state index in [4.69, 9.17) is 0 Å². The van der Waals surface area contributed by atoms with Crippen molar-refractivity contribution >= 4 is 5.97 Å². The van der Waals surface area contributed by atoms with Gasteiger partial charge < -0.3 is 10.1 Å². The summed E-state index contributed by atoms with van der Waals surface area (Å²) in [5, 5.41) is 2.96. The third-order valence-electron chi connectivity index (χ3n) is 2.75. The average molecular weight is 257 g/mol. The van der Waals surface area contributed by atoms with Crippen LogP contribution in [0.3, 0.4) is 0 Å². The molecule has 1 aromatic rings. The molecule has 1 aromatic carbocycles. The SMILES string of the molecule is CCC(CNCc1ccc(F)cc1F)C(=O)OC. The summed E-state index contributed by atoms with van der Waals surface area (Å²) in [6.07, 6.45) is 0.644. The van der Waals surface area contributed by atoms with Crippen molar-refractivity contribution < 1.29 is 18.3 Å². The van der Waals surface area contributed by atoms with Gasteiger partial charge in [0.25, 0.3) is 0 Å². The summed E-state index contributed by atoms with van der Waals surface area (Å²) in [6.45, 7) is 2.53. The lowest BCUT2D eigenvalue weighted by Crippen LogP contribution is -2.29. The van der Waals surface area contributed by atoms with Gasteiger partial charge in [-0.15, -0.1) is 0 Å². The highest BCUT2D eigenvalue weighted by molar-refractivity contribution is 5.72. The summed E-state index contributed by atoms with van der Waals surface area (Å²) in [6, 6.07) is 3.43. The van der Waals surface area contributed by atoms with E-state index < -0.39 is 11.6 Å². The summed E-state index contributed by atoms with van der Waals surface area (Å²) in [5.74, 6) is -1.73. The van der Waals surface area contributed by atoms with Crippen LogP contribution in [0.1, 0.15) is 18.9 Å². The predicted octanol–water partition coefficient (Wildman–Crippen LogP) is 2.25. The number of hydrogen-bond donors (Lipinski definition) is 1. The van der Waals surface area contributed by atoms with Crippen LogP contribution in [0.5, 0.6) is 0 Å². The maximum atomic E-state index is 13.3. The molecule has 0 aliphatic heterocycles. The molecule has 5 heteroatoms. The van der Waals surface area contributed by atoms with Crippen LogP contribution in [0.4, 0.5) is 8.78 Å². The van der Waals surface area contributed by atoms with Gasteiger partial charge in [0.05, 0.1) is 13.0 Å². The van der Waals surface area contributed by atoms with Crippen molar-refractivity contribution in [1.82, 2.24) is 5.32 Å². The van der Waals surface area contributed by atoms with Gasteiger partial charge in [-0.25, -0.2) is 8.78 Å². The number of nitrogens with one attached hydrogen (secondary N) is 1. The molecule has 1 N–H and O–H groups in total. The van der Waals surface area contributed by atoms with Gasteiger partial charge in [0.2, 0.25) is 0 Å². The van der Waals surface area contributed by atoms with Gasteiger partial charge >= 0.3 is 5.97 Å². The van der Waals surface area contributed by atoms with Crippen molar-refractivity contribution in [2.45, 2.75) is 19.9 Å². The van der Waals surface area contributed by atoms with E-state index in [1.54, 1.807) is 0 Å². The number of halogens is 2. The van der Waals surface area contributed by atoms with E-state index in [0.29, 0.717) is 18.5 Å². The molecule has 0 aliphatic carbocycles. The molecule has 0 saturated heterocycles. The third kappa shape index (κ3) is 4.07. The quantitative estimate of drug-likeness (QED) is 0.794. The first kappa shape index (κ1) is 14.6. The van der Waals surface area contributed by atoms with Crippen LogP contribution >= 0.6 is 0 Å². The highest BCUT2D eigenvalue weighted by atomic mass is 19.1. The number of rotatable bonds is 6. The zero-order valence-corrected chi connectivity index (χ0v) is 10.5. The van der Waals surface area contributed by atoms with E-state index in [0.717, 1.165) is 6.07 Å². The van der Waals surface area contributed by atoms with E-state index >= 15 is 0 Å². The zero-order valence-electron chi connectivity index (χ0n) is 10.5. The van der Waals surface area contributed by atoms with E-state index in [9.17, 15) is 13.6 Å². The van der Waals surface area contributed by atoms with Crippen LogP contribution in [0.25, 0.3) is 0 Å². The highest BCUT2D eigenvalue weighted by Crippen LogP contribution is 2.10. The second kappa shape index (κ2) is 7.06. The molecule has 0 fully saturated rings. The van der Waals surface area contributed by atoms with Crippen molar-refractivity contribution in [2.24, 2.45) is 5.92 Å². The second-order valence-electron chi connectivity index (χ2n) is 3.99. The maximum absolute atomic E-state index is 13.3. The second-order valence-corrected chi connectivity index (χ2v) is 3.99. The van der Waals surface area contributed by atoms with Crippen molar-refractivity contribution in [2.75, 3.05) is 13.7 Å². The fourth-order valence-electron chi connectivity index (χ4n) is 1.61.